The second-order valence-electron chi connectivity index (χ2n) is 3.01. The van der Waals surface area contributed by atoms with Crippen molar-refractivity contribution < 1.29 is 14.3 Å². The quantitative estimate of drug-likeness (QED) is 0.751. The number of rotatable bonds is 3. The Bertz CT molecular complexity index is 352. The highest BCUT2D eigenvalue weighted by Gasteiger charge is 1.99. The number of halogens is 1. The van der Waals surface area contributed by atoms with Gasteiger partial charge in [-0.2, -0.15) is 0 Å². The van der Waals surface area contributed by atoms with Crippen LogP contribution in [0, 0.1) is 0 Å². The molecule has 0 amide bonds. The first kappa shape index (κ1) is 10.4. The summed E-state index contributed by atoms with van der Waals surface area (Å²) in [5.74, 6) is -0.945. The molecule has 0 heterocycles. The van der Waals surface area contributed by atoms with Gasteiger partial charge >= 0.3 is 5.97 Å². The molecule has 1 N–H and O–H groups in total. The van der Waals surface area contributed by atoms with E-state index >= 15 is 0 Å². The molecule has 0 atom stereocenters. The molecule has 0 aromatic heterocycles. The smallest absolute Gasteiger partial charge is 0.331 e. The fourth-order valence-electron chi connectivity index (χ4n) is 1.01. The molecule has 0 bridgehead atoms. The number of carboxylic acids is 1. The van der Waals surface area contributed by atoms with Crippen molar-refractivity contribution in [1.82, 2.24) is 0 Å². The summed E-state index contributed by atoms with van der Waals surface area (Å²) in [4.78, 5) is 10.5. The average Bonchev–Trinajstić information content (AvgIpc) is 2.19. The van der Waals surface area contributed by atoms with Gasteiger partial charge in [0.1, 0.15) is 6.67 Å². The van der Waals surface area contributed by atoms with E-state index in [0.29, 0.717) is 5.56 Å². The van der Waals surface area contributed by atoms with E-state index in [9.17, 15) is 9.18 Å². The fourth-order valence-corrected chi connectivity index (χ4v) is 1.01. The lowest BCUT2D eigenvalue weighted by atomic mass is 10.1. The van der Waals surface area contributed by atoms with Gasteiger partial charge in [0.05, 0.1) is 0 Å². The molecule has 0 fully saturated rings. The van der Waals surface area contributed by atoms with Crippen LogP contribution >= 0.6 is 0 Å². The van der Waals surface area contributed by atoms with Gasteiger partial charge in [0, 0.05) is 5.57 Å². The van der Waals surface area contributed by atoms with E-state index in [1.807, 2.05) is 0 Å². The van der Waals surface area contributed by atoms with Crippen LogP contribution in [0.2, 0.25) is 0 Å². The van der Waals surface area contributed by atoms with Crippen molar-refractivity contribution in [2.24, 2.45) is 0 Å². The Morgan fingerprint density at radius 3 is 2.43 bits per heavy atom. The van der Waals surface area contributed by atoms with E-state index in [1.165, 1.54) is 6.92 Å². The molecule has 1 aromatic carbocycles. The minimum Gasteiger partial charge on any atom is -0.478 e. The third-order valence-corrected chi connectivity index (χ3v) is 1.85. The predicted molar refractivity (Wildman–Crippen MR) is 52.5 cm³/mol. The number of hydrogen-bond donors (Lipinski definition) is 1. The Kier molecular flexibility index (Phi) is 3.40. The first-order valence-electron chi connectivity index (χ1n) is 4.20. The summed E-state index contributed by atoms with van der Waals surface area (Å²) in [5, 5.41) is 8.62. The second kappa shape index (κ2) is 4.56. The summed E-state index contributed by atoms with van der Waals surface area (Å²) in [5.41, 5.74) is 1.62. The monoisotopic (exact) mass is 194 g/mol. The van der Waals surface area contributed by atoms with Gasteiger partial charge < -0.3 is 5.11 Å². The van der Waals surface area contributed by atoms with E-state index in [1.54, 1.807) is 30.3 Å². The molecule has 1 aromatic rings. The first-order valence-corrected chi connectivity index (χ1v) is 4.20. The maximum Gasteiger partial charge on any atom is 0.331 e. The Hall–Kier alpha value is -1.64. The number of carboxylic acid groups (broad SMARTS) is 1. The van der Waals surface area contributed by atoms with Crippen LogP contribution in [0.1, 0.15) is 18.1 Å². The average molecular weight is 194 g/mol. The molecular formula is C11H11FO2. The SMILES string of the molecule is C/C(=C\c1ccc(CF)cc1)C(=O)O. The van der Waals surface area contributed by atoms with Crippen molar-refractivity contribution in [1.29, 1.82) is 0 Å². The topological polar surface area (TPSA) is 37.3 Å². The highest BCUT2D eigenvalue weighted by Crippen LogP contribution is 2.09. The van der Waals surface area contributed by atoms with Crippen molar-refractivity contribution in [2.45, 2.75) is 13.6 Å². The highest BCUT2D eigenvalue weighted by atomic mass is 19.1. The van der Waals surface area contributed by atoms with Crippen molar-refractivity contribution in [2.75, 3.05) is 0 Å². The van der Waals surface area contributed by atoms with Gasteiger partial charge in [0.15, 0.2) is 0 Å². The zero-order valence-corrected chi connectivity index (χ0v) is 7.83. The van der Waals surface area contributed by atoms with Crippen LogP contribution in [0.25, 0.3) is 6.08 Å². The van der Waals surface area contributed by atoms with Crippen LogP contribution in [-0.2, 0) is 11.5 Å². The molecule has 0 spiro atoms. The lowest BCUT2D eigenvalue weighted by molar-refractivity contribution is -0.132. The predicted octanol–water partition coefficient (Wildman–Crippen LogP) is 2.64. The lowest BCUT2D eigenvalue weighted by Crippen LogP contribution is -1.95. The molecule has 3 heteroatoms. The van der Waals surface area contributed by atoms with Crippen molar-refractivity contribution >= 4 is 12.0 Å². The minimum atomic E-state index is -0.945. The summed E-state index contributed by atoms with van der Waals surface area (Å²) in [6.07, 6.45) is 1.55. The third kappa shape index (κ3) is 2.69. The fraction of sp³-hybridized carbons (Fsp3) is 0.182. The zero-order chi connectivity index (χ0) is 10.6. The number of alkyl halides is 1. The van der Waals surface area contributed by atoms with Gasteiger partial charge in [-0.25, -0.2) is 9.18 Å². The van der Waals surface area contributed by atoms with Crippen LogP contribution in [0.5, 0.6) is 0 Å². The van der Waals surface area contributed by atoms with E-state index < -0.39 is 12.6 Å². The van der Waals surface area contributed by atoms with E-state index in [2.05, 4.69) is 0 Å². The van der Waals surface area contributed by atoms with Crippen molar-refractivity contribution in [3.05, 3.63) is 41.0 Å². The molecular weight excluding hydrogens is 183 g/mol. The molecule has 74 valence electrons. The van der Waals surface area contributed by atoms with E-state index in [-0.39, 0.29) is 5.57 Å². The molecule has 0 saturated carbocycles. The van der Waals surface area contributed by atoms with Gasteiger partial charge in [-0.1, -0.05) is 24.3 Å². The molecule has 14 heavy (non-hydrogen) atoms. The van der Waals surface area contributed by atoms with Crippen LogP contribution in [0.4, 0.5) is 4.39 Å². The third-order valence-electron chi connectivity index (χ3n) is 1.85. The normalized spacial score (nSPS) is 11.4. The summed E-state index contributed by atoms with van der Waals surface area (Å²) in [6, 6.07) is 6.67. The summed E-state index contributed by atoms with van der Waals surface area (Å²) in [7, 11) is 0. The largest absolute Gasteiger partial charge is 0.478 e. The Labute approximate surface area is 81.7 Å². The number of benzene rings is 1. The zero-order valence-electron chi connectivity index (χ0n) is 7.83. The van der Waals surface area contributed by atoms with Crippen molar-refractivity contribution in [3.8, 4) is 0 Å². The Morgan fingerprint density at radius 2 is 2.00 bits per heavy atom. The molecule has 0 aliphatic heterocycles. The molecule has 0 unspecified atom stereocenters. The van der Waals surface area contributed by atoms with Gasteiger partial charge in [0.2, 0.25) is 0 Å². The molecule has 2 nitrogen and oxygen atoms in total. The van der Waals surface area contributed by atoms with Gasteiger partial charge in [0.25, 0.3) is 0 Å². The second-order valence-corrected chi connectivity index (χ2v) is 3.01. The molecule has 0 saturated heterocycles. The Morgan fingerprint density at radius 1 is 1.43 bits per heavy atom. The van der Waals surface area contributed by atoms with Crippen molar-refractivity contribution in [3.63, 3.8) is 0 Å². The number of hydrogen-bond acceptors (Lipinski definition) is 1. The summed E-state index contributed by atoms with van der Waals surface area (Å²) >= 11 is 0. The Balaban J connectivity index is 2.88. The molecule has 0 aliphatic carbocycles. The standard InChI is InChI=1S/C11H11FO2/c1-8(11(13)14)6-9-2-4-10(7-12)5-3-9/h2-6H,7H2,1H3,(H,13,14)/b8-6+. The lowest BCUT2D eigenvalue weighted by Gasteiger charge is -1.97. The molecule has 0 aliphatic rings. The van der Waals surface area contributed by atoms with Crippen LogP contribution in [0.3, 0.4) is 0 Å². The van der Waals surface area contributed by atoms with E-state index in [0.717, 1.165) is 5.56 Å². The van der Waals surface area contributed by atoms with E-state index in [4.69, 9.17) is 5.11 Å². The summed E-state index contributed by atoms with van der Waals surface area (Å²) < 4.78 is 12.1. The molecule has 1 rings (SSSR count). The summed E-state index contributed by atoms with van der Waals surface area (Å²) in [6.45, 7) is 1.02. The van der Waals surface area contributed by atoms with Gasteiger partial charge in [-0.05, 0) is 24.1 Å². The van der Waals surface area contributed by atoms with Crippen LogP contribution in [0.15, 0.2) is 29.8 Å². The maximum absolute atomic E-state index is 12.1. The van der Waals surface area contributed by atoms with Gasteiger partial charge in [-0.15, -0.1) is 0 Å². The number of carbonyl (C=O) groups is 1. The number of aliphatic carboxylic acids is 1. The van der Waals surface area contributed by atoms with Gasteiger partial charge in [-0.3, -0.25) is 0 Å². The first-order chi connectivity index (χ1) is 6.63. The van der Waals surface area contributed by atoms with Crippen LogP contribution in [-0.4, -0.2) is 11.1 Å². The maximum atomic E-state index is 12.1. The van der Waals surface area contributed by atoms with Crippen LogP contribution < -0.4 is 0 Å². The highest BCUT2D eigenvalue weighted by molar-refractivity contribution is 5.91. The molecule has 0 radical (unpaired) electrons. The minimum absolute atomic E-state index is 0.262.